The maximum atomic E-state index is 11.2. The van der Waals surface area contributed by atoms with Crippen molar-refractivity contribution in [1.82, 2.24) is 5.32 Å². The summed E-state index contributed by atoms with van der Waals surface area (Å²) in [6, 6.07) is 9.75. The van der Waals surface area contributed by atoms with Gasteiger partial charge in [-0.3, -0.25) is 4.79 Å². The Labute approximate surface area is 122 Å². The quantitative estimate of drug-likeness (QED) is 0.858. The van der Waals surface area contributed by atoms with Crippen molar-refractivity contribution >= 4 is 17.2 Å². The third kappa shape index (κ3) is 3.90. The van der Waals surface area contributed by atoms with Crippen LogP contribution in [0, 0.1) is 0 Å². The number of aliphatic hydroxyl groups is 1. The molecule has 2 N–H and O–H groups in total. The van der Waals surface area contributed by atoms with Crippen molar-refractivity contribution in [3.63, 3.8) is 0 Å². The van der Waals surface area contributed by atoms with Crippen molar-refractivity contribution in [2.45, 2.75) is 6.10 Å². The first kappa shape index (κ1) is 14.7. The van der Waals surface area contributed by atoms with E-state index in [1.807, 2.05) is 29.6 Å². The van der Waals surface area contributed by atoms with Gasteiger partial charge in [-0.25, -0.2) is 0 Å². The maximum absolute atomic E-state index is 11.2. The maximum Gasteiger partial charge on any atom is 0.246 e. The largest absolute Gasteiger partial charge is 0.387 e. The van der Waals surface area contributed by atoms with Gasteiger partial charge in [0.25, 0.3) is 0 Å². The summed E-state index contributed by atoms with van der Waals surface area (Å²) in [7, 11) is 1.46. The first-order valence-corrected chi connectivity index (χ1v) is 7.21. The van der Waals surface area contributed by atoms with Crippen LogP contribution in [0.4, 0.5) is 0 Å². The molecule has 1 heterocycles. The van der Waals surface area contributed by atoms with Crippen LogP contribution in [0.2, 0.25) is 0 Å². The molecule has 0 bridgehead atoms. The van der Waals surface area contributed by atoms with E-state index in [2.05, 4.69) is 16.8 Å². The molecule has 2 aromatic rings. The Balaban J connectivity index is 1.94. The normalized spacial score (nSPS) is 12.1. The highest BCUT2D eigenvalue weighted by Crippen LogP contribution is 2.23. The van der Waals surface area contributed by atoms with E-state index >= 15 is 0 Å². The molecule has 0 unspecified atom stereocenters. The van der Waals surface area contributed by atoms with E-state index in [4.69, 9.17) is 4.74 Å². The van der Waals surface area contributed by atoms with Crippen LogP contribution in [0.3, 0.4) is 0 Å². The molecule has 1 atom stereocenters. The lowest BCUT2D eigenvalue weighted by Gasteiger charge is -2.12. The number of hydrogen-bond donors (Lipinski definition) is 2. The number of amides is 1. The van der Waals surface area contributed by atoms with Gasteiger partial charge in [0, 0.05) is 13.7 Å². The zero-order chi connectivity index (χ0) is 14.4. The number of benzene rings is 1. The number of thiophene rings is 1. The number of nitrogens with one attached hydrogen (secondary N) is 1. The van der Waals surface area contributed by atoms with E-state index in [0.29, 0.717) is 0 Å². The second-order valence-electron chi connectivity index (χ2n) is 4.39. The number of rotatable bonds is 6. The third-order valence-corrected chi connectivity index (χ3v) is 3.60. The molecular formula is C15H17NO3S. The summed E-state index contributed by atoms with van der Waals surface area (Å²) in [6.45, 7) is 0.184. The lowest BCUT2D eigenvalue weighted by atomic mass is 10.0. The summed E-state index contributed by atoms with van der Waals surface area (Å²) in [5, 5.41) is 16.7. The van der Waals surface area contributed by atoms with Gasteiger partial charge in [-0.15, -0.1) is 0 Å². The van der Waals surface area contributed by atoms with Gasteiger partial charge < -0.3 is 15.2 Å². The van der Waals surface area contributed by atoms with E-state index in [9.17, 15) is 9.90 Å². The molecule has 0 aliphatic carbocycles. The Kier molecular flexibility index (Phi) is 5.29. The first-order valence-electron chi connectivity index (χ1n) is 6.27. The summed E-state index contributed by atoms with van der Waals surface area (Å²) in [5.74, 6) is -0.235. The molecule has 1 amide bonds. The molecule has 2 rings (SSSR count). The van der Waals surface area contributed by atoms with Crippen molar-refractivity contribution in [2.24, 2.45) is 0 Å². The van der Waals surface area contributed by atoms with Crippen LogP contribution in [0.5, 0.6) is 0 Å². The van der Waals surface area contributed by atoms with Crippen molar-refractivity contribution in [2.75, 3.05) is 20.3 Å². The fourth-order valence-electron chi connectivity index (χ4n) is 1.84. The van der Waals surface area contributed by atoms with Crippen LogP contribution >= 0.6 is 11.3 Å². The fraction of sp³-hybridized carbons (Fsp3) is 0.267. The van der Waals surface area contributed by atoms with Gasteiger partial charge in [-0.05, 0) is 33.5 Å². The summed E-state index contributed by atoms with van der Waals surface area (Å²) in [4.78, 5) is 11.2. The topological polar surface area (TPSA) is 58.6 Å². The van der Waals surface area contributed by atoms with Crippen molar-refractivity contribution in [1.29, 1.82) is 0 Å². The molecule has 0 spiro atoms. The Morgan fingerprint density at radius 2 is 2.05 bits per heavy atom. The zero-order valence-corrected chi connectivity index (χ0v) is 12.0. The van der Waals surface area contributed by atoms with Gasteiger partial charge in [0.2, 0.25) is 5.91 Å². The molecule has 5 heteroatoms. The van der Waals surface area contributed by atoms with Gasteiger partial charge >= 0.3 is 0 Å². The van der Waals surface area contributed by atoms with Crippen LogP contribution < -0.4 is 5.32 Å². The summed E-state index contributed by atoms with van der Waals surface area (Å²) in [6.07, 6.45) is -0.715. The first-order chi connectivity index (χ1) is 9.70. The lowest BCUT2D eigenvalue weighted by molar-refractivity contribution is -0.125. The zero-order valence-electron chi connectivity index (χ0n) is 11.2. The average Bonchev–Trinajstić information content (AvgIpc) is 2.99. The van der Waals surface area contributed by atoms with Crippen LogP contribution in [0.1, 0.15) is 11.7 Å². The van der Waals surface area contributed by atoms with E-state index in [1.165, 1.54) is 12.7 Å². The van der Waals surface area contributed by atoms with Gasteiger partial charge in [0.1, 0.15) is 6.61 Å². The number of carbonyl (C=O) groups is 1. The highest BCUT2D eigenvalue weighted by molar-refractivity contribution is 7.08. The van der Waals surface area contributed by atoms with Crippen LogP contribution in [0.25, 0.3) is 11.1 Å². The molecule has 4 nitrogen and oxygen atoms in total. The molecule has 1 aromatic carbocycles. The lowest BCUT2D eigenvalue weighted by Crippen LogP contribution is -2.31. The van der Waals surface area contributed by atoms with E-state index in [0.717, 1.165) is 11.1 Å². The van der Waals surface area contributed by atoms with Gasteiger partial charge in [-0.1, -0.05) is 24.3 Å². The minimum absolute atomic E-state index is 0.00378. The molecule has 0 aliphatic rings. The Morgan fingerprint density at radius 1 is 1.30 bits per heavy atom. The van der Waals surface area contributed by atoms with Gasteiger partial charge in [0.05, 0.1) is 6.10 Å². The van der Waals surface area contributed by atoms with Gasteiger partial charge in [0.15, 0.2) is 0 Å². The monoisotopic (exact) mass is 291 g/mol. The summed E-state index contributed by atoms with van der Waals surface area (Å²) in [5.41, 5.74) is 3.07. The second-order valence-corrected chi connectivity index (χ2v) is 5.17. The molecule has 0 saturated carbocycles. The molecule has 0 fully saturated rings. The van der Waals surface area contributed by atoms with Crippen molar-refractivity contribution < 1.29 is 14.6 Å². The minimum Gasteiger partial charge on any atom is -0.387 e. The van der Waals surface area contributed by atoms with Crippen molar-refractivity contribution in [3.05, 3.63) is 46.7 Å². The van der Waals surface area contributed by atoms with E-state index in [1.54, 1.807) is 11.3 Å². The molecule has 106 valence electrons. The Bertz CT molecular complexity index is 537. The van der Waals surface area contributed by atoms with Gasteiger partial charge in [-0.2, -0.15) is 11.3 Å². The highest BCUT2D eigenvalue weighted by atomic mass is 32.1. The number of hydrogen-bond acceptors (Lipinski definition) is 4. The number of ether oxygens (including phenoxy) is 1. The van der Waals surface area contributed by atoms with Crippen LogP contribution in [-0.4, -0.2) is 31.3 Å². The molecule has 0 saturated heterocycles. The Hall–Kier alpha value is -1.69. The van der Waals surface area contributed by atoms with Crippen LogP contribution in [0.15, 0.2) is 41.1 Å². The second kappa shape index (κ2) is 7.19. The molecule has 0 radical (unpaired) electrons. The summed E-state index contributed by atoms with van der Waals surface area (Å²) >= 11 is 1.65. The fourth-order valence-corrected chi connectivity index (χ4v) is 2.50. The van der Waals surface area contributed by atoms with E-state index < -0.39 is 6.10 Å². The number of carbonyl (C=O) groups excluding carboxylic acids is 1. The average molecular weight is 291 g/mol. The predicted molar refractivity (Wildman–Crippen MR) is 79.6 cm³/mol. The smallest absolute Gasteiger partial charge is 0.246 e. The third-order valence-electron chi connectivity index (χ3n) is 2.92. The SMILES string of the molecule is COCC(=O)NC[C@@H](O)c1ccc(-c2ccsc2)cc1. The number of methoxy groups -OCH3 is 1. The summed E-state index contributed by atoms with van der Waals surface area (Å²) < 4.78 is 4.71. The predicted octanol–water partition coefficient (Wildman–Crippen LogP) is 2.21. The van der Waals surface area contributed by atoms with Crippen molar-refractivity contribution in [3.8, 4) is 11.1 Å². The standard InChI is InChI=1S/C15H17NO3S/c1-19-9-15(18)16-8-14(17)12-4-2-11(3-5-12)13-6-7-20-10-13/h2-7,10,14,17H,8-9H2,1H3,(H,16,18)/t14-/m1/s1. The highest BCUT2D eigenvalue weighted by Gasteiger charge is 2.09. The molecular weight excluding hydrogens is 274 g/mol. The minimum atomic E-state index is -0.715. The molecule has 0 aliphatic heterocycles. The Morgan fingerprint density at radius 3 is 2.65 bits per heavy atom. The molecule has 1 aromatic heterocycles. The van der Waals surface area contributed by atoms with E-state index in [-0.39, 0.29) is 19.1 Å². The van der Waals surface area contributed by atoms with Crippen LogP contribution in [-0.2, 0) is 9.53 Å². The molecule has 20 heavy (non-hydrogen) atoms. The number of aliphatic hydroxyl groups excluding tert-OH is 1.